The van der Waals surface area contributed by atoms with Crippen LogP contribution >= 0.6 is 0 Å². The zero-order valence-corrected chi connectivity index (χ0v) is 16.3. The fraction of sp³-hybridized carbons (Fsp3) is 0.0833. The van der Waals surface area contributed by atoms with E-state index in [1.165, 1.54) is 0 Å². The maximum atomic E-state index is 5.23. The number of hydrogen-bond acceptors (Lipinski definition) is 5. The molecule has 1 N–H and O–H groups in total. The molecular weight excluding hydrogens is 362 g/mol. The van der Waals surface area contributed by atoms with E-state index in [9.17, 15) is 0 Å². The summed E-state index contributed by atoms with van der Waals surface area (Å²) in [5.41, 5.74) is 2.86. The number of rotatable bonds is 6. The Morgan fingerprint density at radius 1 is 0.724 bits per heavy atom. The second-order valence-corrected chi connectivity index (χ2v) is 6.41. The number of ether oxygens (including phenoxy) is 2. The third kappa shape index (κ3) is 4.35. The van der Waals surface area contributed by atoms with E-state index in [-0.39, 0.29) is 0 Å². The first-order valence-corrected chi connectivity index (χ1v) is 9.25. The van der Waals surface area contributed by atoms with Gasteiger partial charge in [-0.1, -0.05) is 30.3 Å². The maximum Gasteiger partial charge on any atom is 0.154 e. The summed E-state index contributed by atoms with van der Waals surface area (Å²) in [4.78, 5) is 9.39. The van der Waals surface area contributed by atoms with Crippen LogP contribution < -0.4 is 14.8 Å². The van der Waals surface area contributed by atoms with Crippen molar-refractivity contribution in [1.29, 1.82) is 0 Å². The molecule has 0 saturated carbocycles. The van der Waals surface area contributed by atoms with Crippen LogP contribution in [0.5, 0.6) is 11.5 Å². The molecule has 0 bridgehead atoms. The van der Waals surface area contributed by atoms with E-state index in [1.54, 1.807) is 14.2 Å². The number of nitrogens with zero attached hydrogens (tertiary/aromatic N) is 2. The fourth-order valence-electron chi connectivity index (χ4n) is 2.96. The van der Waals surface area contributed by atoms with Gasteiger partial charge in [-0.3, -0.25) is 0 Å². The van der Waals surface area contributed by atoms with Gasteiger partial charge in [-0.2, -0.15) is 0 Å². The Morgan fingerprint density at radius 2 is 1.38 bits per heavy atom. The molecule has 0 amide bonds. The highest BCUT2D eigenvalue weighted by molar-refractivity contribution is 5.91. The highest BCUT2D eigenvalue weighted by Crippen LogP contribution is 2.25. The monoisotopic (exact) mass is 383 g/mol. The van der Waals surface area contributed by atoms with Crippen LogP contribution in [-0.2, 0) is 0 Å². The number of methoxy groups -OCH3 is 2. The van der Waals surface area contributed by atoms with Gasteiger partial charge in [0.05, 0.1) is 19.7 Å². The van der Waals surface area contributed by atoms with Crippen LogP contribution in [0.25, 0.3) is 23.1 Å². The highest BCUT2D eigenvalue weighted by Gasteiger charge is 2.07. The average Bonchev–Trinajstić information content (AvgIpc) is 2.78. The number of fused-ring (bicyclic) bond motifs is 1. The minimum absolute atomic E-state index is 0.635. The summed E-state index contributed by atoms with van der Waals surface area (Å²) in [6.07, 6.45) is 3.90. The van der Waals surface area contributed by atoms with E-state index in [2.05, 4.69) is 10.3 Å². The number of para-hydroxylation sites is 1. The Bertz CT molecular complexity index is 1140. The van der Waals surface area contributed by atoms with Crippen molar-refractivity contribution in [2.24, 2.45) is 0 Å². The maximum absolute atomic E-state index is 5.23. The van der Waals surface area contributed by atoms with E-state index in [4.69, 9.17) is 14.5 Å². The first kappa shape index (κ1) is 18.5. The lowest BCUT2D eigenvalue weighted by Gasteiger charge is -2.10. The van der Waals surface area contributed by atoms with Crippen molar-refractivity contribution in [2.45, 2.75) is 0 Å². The van der Waals surface area contributed by atoms with Crippen molar-refractivity contribution in [3.63, 3.8) is 0 Å². The molecule has 0 unspecified atom stereocenters. The zero-order valence-electron chi connectivity index (χ0n) is 16.3. The Balaban J connectivity index is 1.66. The van der Waals surface area contributed by atoms with Crippen LogP contribution in [0.1, 0.15) is 11.4 Å². The van der Waals surface area contributed by atoms with Crippen LogP contribution in [0.4, 0.5) is 11.5 Å². The minimum atomic E-state index is 0.635. The Kier molecular flexibility index (Phi) is 5.38. The SMILES string of the molecule is COc1ccc(C=Cc2nc(Nc3ccc(OC)cc3)c3ccccc3n2)cc1. The van der Waals surface area contributed by atoms with Crippen LogP contribution in [-0.4, -0.2) is 24.2 Å². The molecule has 5 heteroatoms. The lowest BCUT2D eigenvalue weighted by atomic mass is 10.2. The van der Waals surface area contributed by atoms with E-state index in [0.29, 0.717) is 5.82 Å². The van der Waals surface area contributed by atoms with Gasteiger partial charge in [0.15, 0.2) is 5.82 Å². The number of nitrogens with one attached hydrogen (secondary N) is 1. The molecular formula is C24H21N3O2. The molecule has 1 heterocycles. The summed E-state index contributed by atoms with van der Waals surface area (Å²) in [7, 11) is 3.31. The Morgan fingerprint density at radius 3 is 2.07 bits per heavy atom. The number of hydrogen-bond donors (Lipinski definition) is 1. The van der Waals surface area contributed by atoms with Gasteiger partial charge in [0.25, 0.3) is 0 Å². The number of aromatic nitrogens is 2. The van der Waals surface area contributed by atoms with Gasteiger partial charge >= 0.3 is 0 Å². The Hall–Kier alpha value is -3.86. The molecule has 0 aliphatic carbocycles. The summed E-state index contributed by atoms with van der Waals surface area (Å²) >= 11 is 0. The van der Waals surface area contributed by atoms with E-state index < -0.39 is 0 Å². The lowest BCUT2D eigenvalue weighted by Crippen LogP contribution is -1.99. The van der Waals surface area contributed by atoms with Gasteiger partial charge in [-0.15, -0.1) is 0 Å². The second-order valence-electron chi connectivity index (χ2n) is 6.41. The van der Waals surface area contributed by atoms with Crippen molar-refractivity contribution >= 4 is 34.6 Å². The van der Waals surface area contributed by atoms with Crippen LogP contribution in [0.2, 0.25) is 0 Å². The molecule has 144 valence electrons. The summed E-state index contributed by atoms with van der Waals surface area (Å²) < 4.78 is 10.4. The molecule has 0 spiro atoms. The predicted molar refractivity (Wildman–Crippen MR) is 118 cm³/mol. The third-order valence-corrected chi connectivity index (χ3v) is 4.51. The molecule has 29 heavy (non-hydrogen) atoms. The van der Waals surface area contributed by atoms with E-state index in [1.807, 2.05) is 84.9 Å². The van der Waals surface area contributed by atoms with Gasteiger partial charge in [0, 0.05) is 11.1 Å². The van der Waals surface area contributed by atoms with Gasteiger partial charge in [0.2, 0.25) is 0 Å². The summed E-state index contributed by atoms with van der Waals surface area (Å²) in [5.74, 6) is 3.03. The molecule has 0 fully saturated rings. The first-order valence-electron chi connectivity index (χ1n) is 9.25. The molecule has 4 aromatic rings. The smallest absolute Gasteiger partial charge is 0.154 e. The van der Waals surface area contributed by atoms with Crippen molar-refractivity contribution in [1.82, 2.24) is 9.97 Å². The number of anilines is 2. The standard InChI is InChI=1S/C24H21N3O2/c1-28-19-12-7-17(8-13-19)9-16-23-26-22-6-4-3-5-21(22)24(27-23)25-18-10-14-20(29-2)15-11-18/h3-16H,1-2H3,(H,25,26,27). The van der Waals surface area contributed by atoms with Crippen LogP contribution in [0.15, 0.2) is 72.8 Å². The predicted octanol–water partition coefficient (Wildman–Crippen LogP) is 5.56. The van der Waals surface area contributed by atoms with Crippen LogP contribution in [0.3, 0.4) is 0 Å². The van der Waals surface area contributed by atoms with Crippen molar-refractivity contribution in [3.05, 3.63) is 84.2 Å². The molecule has 4 rings (SSSR count). The quantitative estimate of drug-likeness (QED) is 0.472. The van der Waals surface area contributed by atoms with Gasteiger partial charge < -0.3 is 14.8 Å². The van der Waals surface area contributed by atoms with Crippen LogP contribution in [0, 0.1) is 0 Å². The van der Waals surface area contributed by atoms with Crippen molar-refractivity contribution < 1.29 is 9.47 Å². The molecule has 0 aliphatic heterocycles. The largest absolute Gasteiger partial charge is 0.497 e. The summed E-state index contributed by atoms with van der Waals surface area (Å²) in [6.45, 7) is 0. The molecule has 5 nitrogen and oxygen atoms in total. The Labute approximate surface area is 169 Å². The average molecular weight is 383 g/mol. The minimum Gasteiger partial charge on any atom is -0.497 e. The third-order valence-electron chi connectivity index (χ3n) is 4.51. The van der Waals surface area contributed by atoms with Crippen molar-refractivity contribution in [3.8, 4) is 11.5 Å². The van der Waals surface area contributed by atoms with Gasteiger partial charge in [-0.25, -0.2) is 9.97 Å². The highest BCUT2D eigenvalue weighted by atomic mass is 16.5. The molecule has 3 aromatic carbocycles. The van der Waals surface area contributed by atoms with Crippen molar-refractivity contribution in [2.75, 3.05) is 19.5 Å². The molecule has 0 saturated heterocycles. The molecule has 0 radical (unpaired) electrons. The van der Waals surface area contributed by atoms with Gasteiger partial charge in [-0.05, 0) is 60.2 Å². The zero-order chi connectivity index (χ0) is 20.1. The second kappa shape index (κ2) is 8.44. The lowest BCUT2D eigenvalue weighted by molar-refractivity contribution is 0.414. The molecule has 1 aromatic heterocycles. The first-order chi connectivity index (χ1) is 14.2. The summed E-state index contributed by atoms with van der Waals surface area (Å²) in [5, 5.41) is 4.36. The number of benzene rings is 3. The molecule has 0 atom stereocenters. The normalized spacial score (nSPS) is 11.0. The van der Waals surface area contributed by atoms with E-state index in [0.717, 1.165) is 39.5 Å². The molecule has 0 aliphatic rings. The summed E-state index contributed by atoms with van der Waals surface area (Å²) in [6, 6.07) is 23.5. The topological polar surface area (TPSA) is 56.3 Å². The van der Waals surface area contributed by atoms with E-state index >= 15 is 0 Å². The fourth-order valence-corrected chi connectivity index (χ4v) is 2.96. The van der Waals surface area contributed by atoms with Gasteiger partial charge in [0.1, 0.15) is 17.3 Å².